The number of esters is 2. The van der Waals surface area contributed by atoms with E-state index in [1.165, 1.54) is 0 Å². The van der Waals surface area contributed by atoms with Crippen molar-refractivity contribution in [2.24, 2.45) is 34.5 Å². The third-order valence-corrected chi connectivity index (χ3v) is 11.0. The largest absolute Gasteiger partial charge is 0.457 e. The number of hydrogen-bond acceptors (Lipinski definition) is 7. The normalized spacial score (nSPS) is 47.6. The van der Waals surface area contributed by atoms with Crippen LogP contribution in [-0.2, 0) is 33.4 Å². The summed E-state index contributed by atoms with van der Waals surface area (Å²) in [7, 11) is 0. The first-order valence-corrected chi connectivity index (χ1v) is 13.6. The van der Waals surface area contributed by atoms with Gasteiger partial charge in [0.25, 0.3) is 0 Å². The number of epoxide rings is 1. The molecule has 1 aliphatic heterocycles. The number of fused-ring (bicyclic) bond motifs is 3. The Labute approximate surface area is 208 Å². The highest BCUT2D eigenvalue weighted by Gasteiger charge is 2.83. The fourth-order valence-electron chi connectivity index (χ4n) is 9.30. The maximum atomic E-state index is 13.9. The van der Waals surface area contributed by atoms with E-state index in [-0.39, 0.29) is 60.1 Å². The third-order valence-electron chi connectivity index (χ3n) is 11.0. The lowest BCUT2D eigenvalue weighted by molar-refractivity contribution is -0.196. The number of ketones is 2. The highest BCUT2D eigenvalue weighted by Crippen LogP contribution is 2.77. The number of carbonyl (C=O) groups is 4. The molecule has 1 saturated heterocycles. The van der Waals surface area contributed by atoms with Crippen LogP contribution in [0.25, 0.3) is 0 Å². The molecular formula is C28H40O7. The topological polar surface area (TPSA) is 99.3 Å². The zero-order valence-electron chi connectivity index (χ0n) is 21.8. The van der Waals surface area contributed by atoms with Gasteiger partial charge in [-0.2, -0.15) is 0 Å². The maximum Gasteiger partial charge on any atom is 0.306 e. The molecular weight excluding hydrogens is 448 g/mol. The zero-order valence-corrected chi connectivity index (χ0v) is 21.8. The Kier molecular flexibility index (Phi) is 5.78. The van der Waals surface area contributed by atoms with Crippen LogP contribution in [-0.4, -0.2) is 47.4 Å². The molecule has 4 saturated carbocycles. The van der Waals surface area contributed by atoms with Gasteiger partial charge in [0.05, 0.1) is 6.10 Å². The van der Waals surface area contributed by atoms with Crippen LogP contribution in [0.5, 0.6) is 0 Å². The Bertz CT molecular complexity index is 959. The predicted molar refractivity (Wildman–Crippen MR) is 126 cm³/mol. The van der Waals surface area contributed by atoms with Crippen LogP contribution in [0.4, 0.5) is 0 Å². The molecule has 0 radical (unpaired) electrons. The minimum atomic E-state index is -1.34. The molecule has 9 atom stereocenters. The summed E-state index contributed by atoms with van der Waals surface area (Å²) in [6, 6.07) is 0. The summed E-state index contributed by atoms with van der Waals surface area (Å²) < 4.78 is 18.1. The fraction of sp³-hybridized carbons (Fsp3) is 0.857. The number of ether oxygens (including phenoxy) is 3. The van der Waals surface area contributed by atoms with Gasteiger partial charge in [-0.05, 0) is 49.9 Å². The first-order valence-electron chi connectivity index (χ1n) is 13.6. The molecule has 0 aromatic carbocycles. The first kappa shape index (κ1) is 24.9. The van der Waals surface area contributed by atoms with Crippen LogP contribution >= 0.6 is 0 Å². The van der Waals surface area contributed by atoms with E-state index in [0.29, 0.717) is 31.0 Å². The molecule has 7 nitrogen and oxygen atoms in total. The monoisotopic (exact) mass is 488 g/mol. The molecule has 0 aromatic heterocycles. The number of Topliss-reactive ketones (excluding diaryl/α,β-unsaturated/α-hetero) is 2. The van der Waals surface area contributed by atoms with Crippen LogP contribution in [0.2, 0.25) is 0 Å². The molecule has 0 N–H and O–H groups in total. The van der Waals surface area contributed by atoms with Gasteiger partial charge >= 0.3 is 11.9 Å². The molecule has 4 aliphatic carbocycles. The lowest BCUT2D eigenvalue weighted by Gasteiger charge is -2.59. The van der Waals surface area contributed by atoms with E-state index < -0.39 is 23.0 Å². The Morgan fingerprint density at radius 3 is 2.43 bits per heavy atom. The van der Waals surface area contributed by atoms with Gasteiger partial charge in [-0.25, -0.2) is 0 Å². The summed E-state index contributed by atoms with van der Waals surface area (Å²) in [4.78, 5) is 50.8. The average Bonchev–Trinajstić information content (AvgIpc) is 3.50. The van der Waals surface area contributed by atoms with Crippen LogP contribution in [0.15, 0.2) is 0 Å². The molecule has 5 fully saturated rings. The molecule has 5 aliphatic rings. The standard InChI is InChI=1S/C28H40O7/c1-6-23(31)33-15-21(30)27(35-24(32)7-2)16(3)12-20-19-9-8-17-13-18(29)10-11-25(17,4)28(19)22(34-28)14-26(20,27)5/h16-17,19-20,22H,6-15H2,1-5H3/t16-,17+,19-,20-,22?,25-,26-,27+,28?/m0/s1. The molecule has 0 aromatic rings. The number of carbonyl (C=O) groups excluding carboxylic acids is 4. The smallest absolute Gasteiger partial charge is 0.306 e. The lowest BCUT2D eigenvalue weighted by Crippen LogP contribution is -2.65. The average molecular weight is 489 g/mol. The molecule has 0 amide bonds. The Hall–Kier alpha value is -1.76. The Balaban J connectivity index is 1.52. The van der Waals surface area contributed by atoms with Gasteiger partial charge in [-0.15, -0.1) is 0 Å². The molecule has 1 heterocycles. The van der Waals surface area contributed by atoms with Crippen LogP contribution in [0.1, 0.15) is 92.4 Å². The van der Waals surface area contributed by atoms with E-state index in [9.17, 15) is 19.2 Å². The van der Waals surface area contributed by atoms with Crippen molar-refractivity contribution in [3.8, 4) is 0 Å². The highest BCUT2D eigenvalue weighted by molar-refractivity contribution is 5.93. The minimum Gasteiger partial charge on any atom is -0.457 e. The molecule has 35 heavy (non-hydrogen) atoms. The summed E-state index contributed by atoms with van der Waals surface area (Å²) >= 11 is 0. The van der Waals surface area contributed by atoms with Crippen molar-refractivity contribution in [2.75, 3.05) is 6.61 Å². The van der Waals surface area contributed by atoms with Crippen molar-refractivity contribution in [1.29, 1.82) is 0 Å². The van der Waals surface area contributed by atoms with Gasteiger partial charge in [0.15, 0.2) is 12.2 Å². The molecule has 0 bridgehead atoms. The second kappa shape index (κ2) is 8.12. The summed E-state index contributed by atoms with van der Waals surface area (Å²) in [6.45, 7) is 9.50. The van der Waals surface area contributed by atoms with Crippen molar-refractivity contribution in [3.05, 3.63) is 0 Å². The van der Waals surface area contributed by atoms with E-state index in [4.69, 9.17) is 14.2 Å². The van der Waals surface area contributed by atoms with E-state index in [1.807, 2.05) is 6.92 Å². The Morgan fingerprint density at radius 1 is 1.03 bits per heavy atom. The molecule has 2 unspecified atom stereocenters. The van der Waals surface area contributed by atoms with E-state index in [1.54, 1.807) is 13.8 Å². The molecule has 5 rings (SSSR count). The van der Waals surface area contributed by atoms with Gasteiger partial charge in [0.2, 0.25) is 5.78 Å². The Morgan fingerprint density at radius 2 is 1.74 bits per heavy atom. The fourth-order valence-corrected chi connectivity index (χ4v) is 9.30. The van der Waals surface area contributed by atoms with E-state index in [0.717, 1.165) is 25.7 Å². The van der Waals surface area contributed by atoms with E-state index in [2.05, 4.69) is 13.8 Å². The third kappa shape index (κ3) is 3.12. The quantitative estimate of drug-likeness (QED) is 0.408. The van der Waals surface area contributed by atoms with Crippen LogP contribution in [0.3, 0.4) is 0 Å². The van der Waals surface area contributed by atoms with Crippen molar-refractivity contribution >= 4 is 23.5 Å². The van der Waals surface area contributed by atoms with Crippen LogP contribution in [0, 0.1) is 34.5 Å². The zero-order chi connectivity index (χ0) is 25.4. The molecule has 1 spiro atoms. The van der Waals surface area contributed by atoms with Gasteiger partial charge in [-0.3, -0.25) is 19.2 Å². The first-order chi connectivity index (χ1) is 16.5. The molecule has 194 valence electrons. The minimum absolute atomic E-state index is 0.00857. The predicted octanol–water partition coefficient (Wildman–Crippen LogP) is 4.19. The van der Waals surface area contributed by atoms with Gasteiger partial charge in [-0.1, -0.05) is 34.6 Å². The van der Waals surface area contributed by atoms with Crippen molar-refractivity contribution in [1.82, 2.24) is 0 Å². The summed E-state index contributed by atoms with van der Waals surface area (Å²) in [5.41, 5.74) is -2.22. The number of rotatable bonds is 6. The van der Waals surface area contributed by atoms with E-state index >= 15 is 0 Å². The van der Waals surface area contributed by atoms with Gasteiger partial charge < -0.3 is 14.2 Å². The highest BCUT2D eigenvalue weighted by atomic mass is 16.6. The number of hydrogen-bond donors (Lipinski definition) is 0. The van der Waals surface area contributed by atoms with Crippen molar-refractivity contribution in [2.45, 2.75) is 110 Å². The second-order valence-electron chi connectivity index (χ2n) is 12.3. The maximum absolute atomic E-state index is 13.9. The van der Waals surface area contributed by atoms with Gasteiger partial charge in [0.1, 0.15) is 11.4 Å². The summed E-state index contributed by atoms with van der Waals surface area (Å²) in [5, 5.41) is 0. The second-order valence-corrected chi connectivity index (χ2v) is 12.3. The van der Waals surface area contributed by atoms with Crippen molar-refractivity contribution < 1.29 is 33.4 Å². The summed E-state index contributed by atoms with van der Waals surface area (Å²) in [6.07, 6.45) is 5.86. The van der Waals surface area contributed by atoms with Gasteiger partial charge in [0, 0.05) is 42.4 Å². The summed E-state index contributed by atoms with van der Waals surface area (Å²) in [5.74, 6) is -0.196. The lowest BCUT2D eigenvalue weighted by atomic mass is 9.44. The molecule has 7 heteroatoms. The SMILES string of the molecule is CCC(=O)OCC(=O)[C@]1(OC(=O)CC)[C@@H](C)C[C@H]2[C@@H]3CC[C@@H]4CC(=O)CC[C@]4(C)C34OC4C[C@@]21C. The van der Waals surface area contributed by atoms with Crippen LogP contribution < -0.4 is 0 Å². The van der Waals surface area contributed by atoms with Crippen molar-refractivity contribution in [3.63, 3.8) is 0 Å².